The largest absolute Gasteiger partial charge is 0.469 e. The van der Waals surface area contributed by atoms with E-state index in [1.165, 1.54) is 7.11 Å². The maximum absolute atomic E-state index is 12.0. The van der Waals surface area contributed by atoms with E-state index in [1.807, 2.05) is 43.3 Å². The number of amides is 1. The van der Waals surface area contributed by atoms with E-state index in [9.17, 15) is 9.59 Å². The quantitative estimate of drug-likeness (QED) is 0.563. The molecule has 0 aliphatic rings. The van der Waals surface area contributed by atoms with Crippen LogP contribution in [0.25, 0.3) is 0 Å². The summed E-state index contributed by atoms with van der Waals surface area (Å²) in [7, 11) is 5.34. The van der Waals surface area contributed by atoms with Gasteiger partial charge in [0.1, 0.15) is 0 Å². The third kappa shape index (κ3) is 6.61. The van der Waals surface area contributed by atoms with Gasteiger partial charge in [0.25, 0.3) is 5.91 Å². The van der Waals surface area contributed by atoms with Gasteiger partial charge in [-0.3, -0.25) is 9.59 Å². The summed E-state index contributed by atoms with van der Waals surface area (Å²) in [5.41, 5.74) is 1.75. The molecule has 0 saturated carbocycles. The van der Waals surface area contributed by atoms with Crippen molar-refractivity contribution in [2.45, 2.75) is 32.1 Å². The zero-order valence-electron chi connectivity index (χ0n) is 13.7. The van der Waals surface area contributed by atoms with E-state index in [0.717, 1.165) is 31.4 Å². The second kappa shape index (κ2) is 9.82. The zero-order valence-corrected chi connectivity index (χ0v) is 13.7. The smallest absolute Gasteiger partial charge is 0.305 e. The Labute approximate surface area is 132 Å². The topological polar surface area (TPSA) is 58.6 Å². The highest BCUT2D eigenvalue weighted by atomic mass is 16.5. The number of hydrogen-bond acceptors (Lipinski definition) is 4. The molecule has 1 rings (SSSR count). The predicted octanol–water partition coefficient (Wildman–Crippen LogP) is 2.61. The highest BCUT2D eigenvalue weighted by Gasteiger charge is 2.05. The molecule has 0 aromatic heterocycles. The summed E-state index contributed by atoms with van der Waals surface area (Å²) in [5, 5.41) is 2.91. The number of unbranched alkanes of at least 4 members (excludes halogenated alkanes) is 3. The second-order valence-corrected chi connectivity index (χ2v) is 5.44. The van der Waals surface area contributed by atoms with Gasteiger partial charge in [-0.05, 0) is 37.1 Å². The highest BCUT2D eigenvalue weighted by Crippen LogP contribution is 2.12. The summed E-state index contributed by atoms with van der Waals surface area (Å²) < 4.78 is 4.58. The molecule has 1 aromatic carbocycles. The summed E-state index contributed by atoms with van der Waals surface area (Å²) in [6, 6.07) is 7.53. The van der Waals surface area contributed by atoms with Gasteiger partial charge in [-0.2, -0.15) is 0 Å². The Bertz CT molecular complexity index is 469. The minimum absolute atomic E-state index is 0.0418. The molecule has 0 atom stereocenters. The predicted molar refractivity (Wildman–Crippen MR) is 88.2 cm³/mol. The van der Waals surface area contributed by atoms with Crippen LogP contribution in [0.4, 0.5) is 5.69 Å². The van der Waals surface area contributed by atoms with Gasteiger partial charge < -0.3 is 15.0 Å². The van der Waals surface area contributed by atoms with Crippen LogP contribution in [0.3, 0.4) is 0 Å². The summed E-state index contributed by atoms with van der Waals surface area (Å²) in [6.07, 6.45) is 4.20. The van der Waals surface area contributed by atoms with E-state index < -0.39 is 0 Å². The van der Waals surface area contributed by atoms with Crippen LogP contribution in [0.1, 0.15) is 42.5 Å². The standard InChI is InChI=1S/C17H26N2O3/c1-19(2)15-11-9-14(10-12-15)17(21)18-13-7-5-4-6-8-16(20)22-3/h9-12H,4-8,13H2,1-3H3,(H,18,21). The Morgan fingerprint density at radius 1 is 1.05 bits per heavy atom. The fourth-order valence-electron chi connectivity index (χ4n) is 2.06. The number of rotatable bonds is 9. The average molecular weight is 306 g/mol. The number of methoxy groups -OCH3 is 1. The van der Waals surface area contributed by atoms with Crippen molar-refractivity contribution in [1.82, 2.24) is 5.32 Å². The lowest BCUT2D eigenvalue weighted by Gasteiger charge is -2.12. The van der Waals surface area contributed by atoms with Crippen LogP contribution in [0.5, 0.6) is 0 Å². The number of nitrogens with zero attached hydrogens (tertiary/aromatic N) is 1. The number of esters is 1. The van der Waals surface area contributed by atoms with Crippen molar-refractivity contribution < 1.29 is 14.3 Å². The molecule has 0 saturated heterocycles. The van der Waals surface area contributed by atoms with Gasteiger partial charge in [0, 0.05) is 38.3 Å². The number of nitrogens with one attached hydrogen (secondary N) is 1. The maximum atomic E-state index is 12.0. The summed E-state index contributed by atoms with van der Waals surface area (Å²) in [6.45, 7) is 0.659. The van der Waals surface area contributed by atoms with Crippen molar-refractivity contribution in [3.05, 3.63) is 29.8 Å². The van der Waals surface area contributed by atoms with Crippen molar-refractivity contribution in [1.29, 1.82) is 0 Å². The molecule has 0 aliphatic carbocycles. The normalized spacial score (nSPS) is 10.1. The molecule has 0 fully saturated rings. The van der Waals surface area contributed by atoms with Crippen LogP contribution in [-0.4, -0.2) is 39.6 Å². The Kier molecular flexibility index (Phi) is 8.04. The molecule has 5 nitrogen and oxygen atoms in total. The molecule has 0 radical (unpaired) electrons. The molecule has 0 aliphatic heterocycles. The molecule has 22 heavy (non-hydrogen) atoms. The number of benzene rings is 1. The van der Waals surface area contributed by atoms with Crippen molar-refractivity contribution in [3.63, 3.8) is 0 Å². The molecule has 1 aromatic rings. The minimum Gasteiger partial charge on any atom is -0.469 e. The Balaban J connectivity index is 2.16. The minimum atomic E-state index is -0.158. The molecule has 5 heteroatoms. The molecule has 0 bridgehead atoms. The van der Waals surface area contributed by atoms with Crippen LogP contribution in [-0.2, 0) is 9.53 Å². The van der Waals surface area contributed by atoms with Gasteiger partial charge >= 0.3 is 5.97 Å². The van der Waals surface area contributed by atoms with Gasteiger partial charge in [0.15, 0.2) is 0 Å². The number of carbonyl (C=O) groups is 2. The molecular weight excluding hydrogens is 280 g/mol. The number of ether oxygens (including phenoxy) is 1. The molecule has 1 N–H and O–H groups in total. The van der Waals surface area contributed by atoms with Crippen LogP contribution < -0.4 is 10.2 Å². The van der Waals surface area contributed by atoms with Gasteiger partial charge in [0.05, 0.1) is 7.11 Å². The second-order valence-electron chi connectivity index (χ2n) is 5.44. The van der Waals surface area contributed by atoms with Gasteiger partial charge in [-0.25, -0.2) is 0 Å². The molecule has 1 amide bonds. The average Bonchev–Trinajstić information content (AvgIpc) is 2.53. The van der Waals surface area contributed by atoms with Gasteiger partial charge in [-0.15, -0.1) is 0 Å². The Hall–Kier alpha value is -2.04. The lowest BCUT2D eigenvalue weighted by Crippen LogP contribution is -2.24. The third-order valence-electron chi connectivity index (χ3n) is 3.47. The van der Waals surface area contributed by atoms with Crippen molar-refractivity contribution in [3.8, 4) is 0 Å². The zero-order chi connectivity index (χ0) is 16.4. The first-order valence-electron chi connectivity index (χ1n) is 7.67. The molecular formula is C17H26N2O3. The van der Waals surface area contributed by atoms with Crippen molar-refractivity contribution in [2.24, 2.45) is 0 Å². The highest BCUT2D eigenvalue weighted by molar-refractivity contribution is 5.94. The van der Waals surface area contributed by atoms with E-state index in [0.29, 0.717) is 18.5 Å². The van der Waals surface area contributed by atoms with E-state index >= 15 is 0 Å². The number of carbonyl (C=O) groups excluding carboxylic acids is 2. The van der Waals surface area contributed by atoms with Gasteiger partial charge in [0.2, 0.25) is 0 Å². The lowest BCUT2D eigenvalue weighted by molar-refractivity contribution is -0.140. The van der Waals surface area contributed by atoms with Crippen LogP contribution in [0.2, 0.25) is 0 Å². The lowest BCUT2D eigenvalue weighted by atomic mass is 10.1. The third-order valence-corrected chi connectivity index (χ3v) is 3.47. The van der Waals surface area contributed by atoms with E-state index in [-0.39, 0.29) is 11.9 Å². The van der Waals surface area contributed by atoms with Crippen LogP contribution >= 0.6 is 0 Å². The van der Waals surface area contributed by atoms with Crippen molar-refractivity contribution in [2.75, 3.05) is 32.6 Å². The van der Waals surface area contributed by atoms with Gasteiger partial charge in [-0.1, -0.05) is 12.8 Å². The maximum Gasteiger partial charge on any atom is 0.305 e. The first-order chi connectivity index (χ1) is 10.5. The van der Waals surface area contributed by atoms with E-state index in [1.54, 1.807) is 0 Å². The fraction of sp³-hybridized carbons (Fsp3) is 0.529. The van der Waals surface area contributed by atoms with E-state index in [2.05, 4.69) is 10.1 Å². The fourth-order valence-corrected chi connectivity index (χ4v) is 2.06. The Morgan fingerprint density at radius 3 is 2.27 bits per heavy atom. The van der Waals surface area contributed by atoms with Crippen LogP contribution in [0, 0.1) is 0 Å². The summed E-state index contributed by atoms with van der Waals surface area (Å²) >= 11 is 0. The Morgan fingerprint density at radius 2 is 1.68 bits per heavy atom. The number of anilines is 1. The van der Waals surface area contributed by atoms with E-state index in [4.69, 9.17) is 0 Å². The first kappa shape index (κ1) is 18.0. The summed E-state index contributed by atoms with van der Waals surface area (Å²) in [4.78, 5) is 24.9. The molecule has 0 unspecified atom stereocenters. The molecule has 0 heterocycles. The summed E-state index contributed by atoms with van der Waals surface area (Å²) in [5.74, 6) is -0.200. The molecule has 122 valence electrons. The van der Waals surface area contributed by atoms with Crippen molar-refractivity contribution >= 4 is 17.6 Å². The monoisotopic (exact) mass is 306 g/mol. The first-order valence-corrected chi connectivity index (χ1v) is 7.67. The van der Waals surface area contributed by atoms with Crippen LogP contribution in [0.15, 0.2) is 24.3 Å². The number of hydrogen-bond donors (Lipinski definition) is 1. The molecule has 0 spiro atoms. The SMILES string of the molecule is COC(=O)CCCCCCNC(=O)c1ccc(N(C)C)cc1.